The molecule has 0 aliphatic rings. The smallest absolute Gasteiger partial charge is 0.326 e. The number of benzene rings is 3. The minimum absolute atomic E-state index is 0. The van der Waals surface area contributed by atoms with Gasteiger partial charge in [-0.1, -0.05) is 60.8 Å². The number of nitrogens with two attached hydrogens (primary N) is 1. The van der Waals surface area contributed by atoms with Crippen molar-refractivity contribution in [1.82, 2.24) is 0 Å². The zero-order valence-corrected chi connectivity index (χ0v) is 22.0. The Morgan fingerprint density at radius 2 is 1.45 bits per heavy atom. The minimum Gasteiger partial charge on any atom is -0.398 e. The van der Waals surface area contributed by atoms with Crippen LogP contribution in [0.25, 0.3) is 0 Å². The number of rotatable bonds is 6. The van der Waals surface area contributed by atoms with E-state index in [1.54, 1.807) is 23.1 Å². The highest BCUT2D eigenvalue weighted by atomic mass is 35.5. The van der Waals surface area contributed by atoms with E-state index in [0.29, 0.717) is 45.0 Å². The molecular formula is C25H28Cl3N3OS. The third-order valence-electron chi connectivity index (χ3n) is 5.52. The van der Waals surface area contributed by atoms with Crippen LogP contribution in [0.5, 0.6) is 0 Å². The van der Waals surface area contributed by atoms with Gasteiger partial charge in [0.2, 0.25) is 0 Å². The van der Waals surface area contributed by atoms with Crippen LogP contribution in [0, 0.1) is 0 Å². The molecule has 0 bridgehead atoms. The molecule has 3 N–H and O–H groups in total. The molecule has 8 heteroatoms. The maximum Gasteiger partial charge on any atom is 0.326 e. The highest BCUT2D eigenvalue weighted by molar-refractivity contribution is 7.59. The van der Waals surface area contributed by atoms with Crippen molar-refractivity contribution in [3.8, 4) is 0 Å². The van der Waals surface area contributed by atoms with Gasteiger partial charge in [0.1, 0.15) is 0 Å². The number of halogens is 3. The SMILES string of the molecule is CCc1c(N)cc(Cl)c(CC)c1NC(=O)N(c1ccc(Cl)cc1)[C@@H](C)c1ccc(Cl)cc1.S. The number of hydrogen-bond acceptors (Lipinski definition) is 2. The van der Waals surface area contributed by atoms with Crippen molar-refractivity contribution < 1.29 is 4.79 Å². The summed E-state index contributed by atoms with van der Waals surface area (Å²) < 4.78 is 0. The van der Waals surface area contributed by atoms with Crippen LogP contribution in [0.4, 0.5) is 21.9 Å². The van der Waals surface area contributed by atoms with Gasteiger partial charge in [-0.3, -0.25) is 4.90 Å². The predicted molar refractivity (Wildman–Crippen MR) is 148 cm³/mol. The number of urea groups is 1. The maximum absolute atomic E-state index is 13.7. The van der Waals surface area contributed by atoms with Gasteiger partial charge >= 0.3 is 6.03 Å². The molecule has 0 unspecified atom stereocenters. The molecule has 3 aromatic rings. The zero-order chi connectivity index (χ0) is 23.4. The molecule has 0 saturated carbocycles. The van der Waals surface area contributed by atoms with Crippen molar-refractivity contribution in [3.05, 3.63) is 86.4 Å². The second-order valence-electron chi connectivity index (χ2n) is 7.49. The quantitative estimate of drug-likeness (QED) is 0.319. The van der Waals surface area contributed by atoms with Gasteiger partial charge in [0.05, 0.1) is 11.7 Å². The highest BCUT2D eigenvalue weighted by Crippen LogP contribution is 2.36. The van der Waals surface area contributed by atoms with E-state index >= 15 is 0 Å². The van der Waals surface area contributed by atoms with E-state index in [4.69, 9.17) is 40.5 Å². The Hall–Kier alpha value is -2.05. The van der Waals surface area contributed by atoms with E-state index in [1.165, 1.54) is 0 Å². The fourth-order valence-corrected chi connectivity index (χ4v) is 4.41. The summed E-state index contributed by atoms with van der Waals surface area (Å²) in [6.45, 7) is 5.97. The van der Waals surface area contributed by atoms with E-state index < -0.39 is 0 Å². The molecule has 0 aliphatic carbocycles. The Labute approximate surface area is 217 Å². The second kappa shape index (κ2) is 11.9. The van der Waals surface area contributed by atoms with E-state index in [2.05, 4.69) is 5.32 Å². The monoisotopic (exact) mass is 523 g/mol. The lowest BCUT2D eigenvalue weighted by molar-refractivity contribution is 0.255. The molecule has 0 radical (unpaired) electrons. The second-order valence-corrected chi connectivity index (χ2v) is 8.77. The van der Waals surface area contributed by atoms with Crippen molar-refractivity contribution in [2.24, 2.45) is 0 Å². The van der Waals surface area contributed by atoms with Crippen molar-refractivity contribution in [2.75, 3.05) is 16.0 Å². The van der Waals surface area contributed by atoms with Crippen LogP contribution in [0.1, 0.15) is 43.5 Å². The fraction of sp³-hybridized carbons (Fsp3) is 0.240. The molecule has 176 valence electrons. The van der Waals surface area contributed by atoms with Crippen LogP contribution in [-0.2, 0) is 12.8 Å². The van der Waals surface area contributed by atoms with Gasteiger partial charge in [-0.15, -0.1) is 0 Å². The van der Waals surface area contributed by atoms with E-state index in [0.717, 1.165) is 16.7 Å². The van der Waals surface area contributed by atoms with Gasteiger partial charge in [0.25, 0.3) is 0 Å². The first-order valence-electron chi connectivity index (χ1n) is 10.5. The van der Waals surface area contributed by atoms with Crippen LogP contribution in [0.3, 0.4) is 0 Å². The van der Waals surface area contributed by atoms with Crippen molar-refractivity contribution in [1.29, 1.82) is 0 Å². The highest BCUT2D eigenvalue weighted by Gasteiger charge is 2.26. The van der Waals surface area contributed by atoms with Crippen LogP contribution in [-0.4, -0.2) is 6.03 Å². The number of amides is 2. The molecule has 0 aliphatic heterocycles. The Kier molecular flexibility index (Phi) is 9.80. The molecule has 3 rings (SSSR count). The Bertz CT molecular complexity index is 1080. The number of anilines is 3. The summed E-state index contributed by atoms with van der Waals surface area (Å²) in [5.74, 6) is 0. The summed E-state index contributed by atoms with van der Waals surface area (Å²) in [5, 5.41) is 4.88. The van der Waals surface area contributed by atoms with E-state index in [1.807, 2.05) is 57.2 Å². The van der Waals surface area contributed by atoms with Crippen molar-refractivity contribution in [3.63, 3.8) is 0 Å². The van der Waals surface area contributed by atoms with Gasteiger partial charge in [-0.2, -0.15) is 13.5 Å². The maximum atomic E-state index is 13.7. The van der Waals surface area contributed by atoms with E-state index in [-0.39, 0.29) is 25.6 Å². The first kappa shape index (κ1) is 27.2. The van der Waals surface area contributed by atoms with Gasteiger partial charge < -0.3 is 11.1 Å². The lowest BCUT2D eigenvalue weighted by Gasteiger charge is -2.31. The van der Waals surface area contributed by atoms with Crippen molar-refractivity contribution >= 4 is 71.4 Å². The number of carbonyl (C=O) groups excluding carboxylic acids is 1. The van der Waals surface area contributed by atoms with Gasteiger partial charge in [-0.25, -0.2) is 4.79 Å². The predicted octanol–water partition coefficient (Wildman–Crippen LogP) is 8.27. The molecule has 0 saturated heterocycles. The Morgan fingerprint density at radius 1 is 0.939 bits per heavy atom. The molecule has 0 aromatic heterocycles. The summed E-state index contributed by atoms with van der Waals surface area (Å²) in [7, 11) is 0. The van der Waals surface area contributed by atoms with Crippen LogP contribution >= 0.6 is 48.3 Å². The molecule has 33 heavy (non-hydrogen) atoms. The Balaban J connectivity index is 0.00000385. The molecule has 4 nitrogen and oxygen atoms in total. The number of carbonyl (C=O) groups is 1. The normalized spacial score (nSPS) is 11.5. The lowest BCUT2D eigenvalue weighted by atomic mass is 10.0. The largest absolute Gasteiger partial charge is 0.398 e. The first-order chi connectivity index (χ1) is 15.3. The number of hydrogen-bond donors (Lipinski definition) is 2. The summed E-state index contributed by atoms with van der Waals surface area (Å²) >= 11 is 18.6. The standard InChI is InChI=1S/C25H26Cl3N3O.H2S/c1-4-20-22(28)14-23(29)21(5-2)24(20)30-25(32)31(19-12-10-18(27)11-13-19)15(3)16-6-8-17(26)9-7-16;/h6-15H,4-5,29H2,1-3H3,(H,30,32);1H2/t15-;/m0./s1. The van der Waals surface area contributed by atoms with Crippen LogP contribution in [0.15, 0.2) is 54.6 Å². The number of nitrogens with zero attached hydrogens (tertiary/aromatic N) is 1. The van der Waals surface area contributed by atoms with Crippen LogP contribution in [0.2, 0.25) is 15.1 Å². The zero-order valence-electron chi connectivity index (χ0n) is 18.8. The number of nitrogen functional groups attached to an aromatic ring is 1. The topological polar surface area (TPSA) is 58.4 Å². The third kappa shape index (κ3) is 6.10. The van der Waals surface area contributed by atoms with Gasteiger partial charge in [0, 0.05) is 26.4 Å². The van der Waals surface area contributed by atoms with Crippen molar-refractivity contribution in [2.45, 2.75) is 39.7 Å². The summed E-state index contributed by atoms with van der Waals surface area (Å²) in [4.78, 5) is 15.4. The van der Waals surface area contributed by atoms with Gasteiger partial charge in [0.15, 0.2) is 0 Å². The molecule has 1 atom stereocenters. The summed E-state index contributed by atoms with van der Waals surface area (Å²) in [6.07, 6.45) is 1.33. The van der Waals surface area contributed by atoms with E-state index in [9.17, 15) is 4.79 Å². The molecular weight excluding hydrogens is 497 g/mol. The Morgan fingerprint density at radius 3 is 1.97 bits per heavy atom. The lowest BCUT2D eigenvalue weighted by Crippen LogP contribution is -2.37. The fourth-order valence-electron chi connectivity index (χ4n) is 3.81. The molecule has 0 heterocycles. The van der Waals surface area contributed by atoms with Gasteiger partial charge in [-0.05, 0) is 78.9 Å². The third-order valence-corrected chi connectivity index (χ3v) is 6.37. The minimum atomic E-state index is -0.291. The summed E-state index contributed by atoms with van der Waals surface area (Å²) in [6, 6.07) is 15.8. The summed E-state index contributed by atoms with van der Waals surface area (Å²) in [5.41, 5.74) is 10.8. The first-order valence-corrected chi connectivity index (χ1v) is 11.6. The average Bonchev–Trinajstić information content (AvgIpc) is 2.76. The van der Waals surface area contributed by atoms with Crippen LogP contribution < -0.4 is 16.0 Å². The molecule has 3 aromatic carbocycles. The molecule has 0 spiro atoms. The number of nitrogens with one attached hydrogen (secondary N) is 1. The molecule has 0 fully saturated rings. The molecule has 2 amide bonds. The average molecular weight is 525 g/mol.